The third-order valence-electron chi connectivity index (χ3n) is 2.11. The van der Waals surface area contributed by atoms with Crippen LogP contribution in [0, 0.1) is 5.82 Å². The Morgan fingerprint density at radius 1 is 1.54 bits per heavy atom. The summed E-state index contributed by atoms with van der Waals surface area (Å²) in [5.74, 6) is 0.159. The predicted octanol–water partition coefficient (Wildman–Crippen LogP) is 2.26. The van der Waals surface area contributed by atoms with Crippen molar-refractivity contribution in [2.45, 2.75) is 12.5 Å². The van der Waals surface area contributed by atoms with Gasteiger partial charge in [-0.1, -0.05) is 11.6 Å². The van der Waals surface area contributed by atoms with Crippen molar-refractivity contribution in [2.75, 3.05) is 6.61 Å². The zero-order chi connectivity index (χ0) is 9.42. The van der Waals surface area contributed by atoms with E-state index in [2.05, 4.69) is 0 Å². The molecule has 0 bridgehead atoms. The largest absolute Gasteiger partial charge is 0.492 e. The summed E-state index contributed by atoms with van der Waals surface area (Å²) in [5.41, 5.74) is 6.44. The Morgan fingerprint density at radius 2 is 2.31 bits per heavy atom. The standard InChI is InChI=1S/C9H9ClFNO/c10-7-4-5(11)3-6-8(12)1-2-13-9(6)7/h3-4,8H,1-2,12H2/t8-/m1/s1. The number of halogens is 2. The molecular weight excluding hydrogens is 193 g/mol. The molecule has 1 aliphatic heterocycles. The van der Waals surface area contributed by atoms with E-state index in [1.54, 1.807) is 0 Å². The van der Waals surface area contributed by atoms with Crippen LogP contribution < -0.4 is 10.5 Å². The molecule has 0 radical (unpaired) electrons. The van der Waals surface area contributed by atoms with Crippen molar-refractivity contribution in [2.24, 2.45) is 5.73 Å². The Balaban J connectivity index is 2.56. The van der Waals surface area contributed by atoms with Gasteiger partial charge in [0, 0.05) is 18.0 Å². The van der Waals surface area contributed by atoms with Crippen molar-refractivity contribution in [3.63, 3.8) is 0 Å². The summed E-state index contributed by atoms with van der Waals surface area (Å²) in [4.78, 5) is 0. The first-order valence-electron chi connectivity index (χ1n) is 4.06. The van der Waals surface area contributed by atoms with Gasteiger partial charge in [-0.3, -0.25) is 0 Å². The van der Waals surface area contributed by atoms with Crippen LogP contribution in [0.15, 0.2) is 12.1 Å². The minimum absolute atomic E-state index is 0.169. The molecule has 4 heteroatoms. The van der Waals surface area contributed by atoms with E-state index in [9.17, 15) is 4.39 Å². The highest BCUT2D eigenvalue weighted by atomic mass is 35.5. The summed E-state index contributed by atoms with van der Waals surface area (Å²) in [6, 6.07) is 2.45. The lowest BCUT2D eigenvalue weighted by Crippen LogP contribution is -2.20. The number of fused-ring (bicyclic) bond motifs is 1. The molecule has 0 fully saturated rings. The SMILES string of the molecule is N[C@@H]1CCOc2c(Cl)cc(F)cc21. The molecule has 1 aromatic carbocycles. The van der Waals surface area contributed by atoms with Crippen molar-refractivity contribution in [3.05, 3.63) is 28.5 Å². The number of benzene rings is 1. The highest BCUT2D eigenvalue weighted by Gasteiger charge is 2.21. The Morgan fingerprint density at radius 3 is 3.08 bits per heavy atom. The number of ether oxygens (including phenoxy) is 1. The van der Waals surface area contributed by atoms with Gasteiger partial charge in [0.1, 0.15) is 11.6 Å². The van der Waals surface area contributed by atoms with Crippen LogP contribution in [0.1, 0.15) is 18.0 Å². The first-order chi connectivity index (χ1) is 6.18. The third-order valence-corrected chi connectivity index (χ3v) is 2.39. The summed E-state index contributed by atoms with van der Waals surface area (Å²) in [6.07, 6.45) is 0.701. The Bertz CT molecular complexity index is 343. The topological polar surface area (TPSA) is 35.2 Å². The molecule has 0 unspecified atom stereocenters. The molecule has 0 amide bonds. The smallest absolute Gasteiger partial charge is 0.142 e. The maximum absolute atomic E-state index is 12.9. The maximum Gasteiger partial charge on any atom is 0.142 e. The summed E-state index contributed by atoms with van der Waals surface area (Å²) < 4.78 is 18.2. The normalized spacial score (nSPS) is 20.7. The highest BCUT2D eigenvalue weighted by molar-refractivity contribution is 6.32. The van der Waals surface area contributed by atoms with Gasteiger partial charge in [-0.25, -0.2) is 4.39 Å². The summed E-state index contributed by atoms with van der Waals surface area (Å²) in [6.45, 7) is 0.541. The number of rotatable bonds is 0. The second-order valence-corrected chi connectivity index (χ2v) is 3.46. The zero-order valence-corrected chi connectivity index (χ0v) is 7.64. The molecule has 0 saturated heterocycles. The molecule has 70 valence electrons. The average Bonchev–Trinajstić information content (AvgIpc) is 2.07. The lowest BCUT2D eigenvalue weighted by atomic mass is 10.0. The van der Waals surface area contributed by atoms with Crippen LogP contribution in [-0.4, -0.2) is 6.61 Å². The summed E-state index contributed by atoms with van der Waals surface area (Å²) >= 11 is 5.79. The van der Waals surface area contributed by atoms with E-state index >= 15 is 0 Å². The molecule has 0 spiro atoms. The second-order valence-electron chi connectivity index (χ2n) is 3.05. The number of nitrogens with two attached hydrogens (primary N) is 1. The van der Waals surface area contributed by atoms with Crippen LogP contribution in [0.2, 0.25) is 5.02 Å². The Labute approximate surface area is 80.4 Å². The van der Waals surface area contributed by atoms with Gasteiger partial charge >= 0.3 is 0 Å². The fourth-order valence-electron chi connectivity index (χ4n) is 1.45. The first-order valence-corrected chi connectivity index (χ1v) is 4.43. The molecule has 2 N–H and O–H groups in total. The van der Waals surface area contributed by atoms with Gasteiger partial charge in [0.15, 0.2) is 0 Å². The van der Waals surface area contributed by atoms with Crippen LogP contribution in [0.5, 0.6) is 5.75 Å². The van der Waals surface area contributed by atoms with Crippen molar-refractivity contribution < 1.29 is 9.13 Å². The molecule has 1 aliphatic rings. The summed E-state index contributed by atoms with van der Waals surface area (Å²) in [7, 11) is 0. The van der Waals surface area contributed by atoms with Gasteiger partial charge in [0.2, 0.25) is 0 Å². The molecule has 2 nitrogen and oxygen atoms in total. The van der Waals surface area contributed by atoms with Crippen molar-refractivity contribution in [3.8, 4) is 5.75 Å². The fourth-order valence-corrected chi connectivity index (χ4v) is 1.72. The lowest BCUT2D eigenvalue weighted by Gasteiger charge is -2.23. The zero-order valence-electron chi connectivity index (χ0n) is 6.89. The molecule has 1 atom stereocenters. The molecule has 0 aromatic heterocycles. The molecule has 0 aliphatic carbocycles. The highest BCUT2D eigenvalue weighted by Crippen LogP contribution is 2.37. The van der Waals surface area contributed by atoms with Crippen LogP contribution >= 0.6 is 11.6 Å². The van der Waals surface area contributed by atoms with Crippen LogP contribution in [0.3, 0.4) is 0 Å². The molecular formula is C9H9ClFNO. The van der Waals surface area contributed by atoms with E-state index in [1.165, 1.54) is 12.1 Å². The van der Waals surface area contributed by atoms with Gasteiger partial charge in [-0.15, -0.1) is 0 Å². The quantitative estimate of drug-likeness (QED) is 0.699. The van der Waals surface area contributed by atoms with E-state index in [-0.39, 0.29) is 11.9 Å². The van der Waals surface area contributed by atoms with Gasteiger partial charge in [0.25, 0.3) is 0 Å². The first kappa shape index (κ1) is 8.78. The Hall–Kier alpha value is -0.800. The predicted molar refractivity (Wildman–Crippen MR) is 48.5 cm³/mol. The van der Waals surface area contributed by atoms with Gasteiger partial charge < -0.3 is 10.5 Å². The van der Waals surface area contributed by atoms with Crippen molar-refractivity contribution >= 4 is 11.6 Å². The van der Waals surface area contributed by atoms with E-state index in [0.717, 1.165) is 0 Å². The van der Waals surface area contributed by atoms with Crippen LogP contribution in [0.25, 0.3) is 0 Å². The van der Waals surface area contributed by atoms with Crippen molar-refractivity contribution in [1.82, 2.24) is 0 Å². The number of hydrogen-bond donors (Lipinski definition) is 1. The van der Waals surface area contributed by atoms with E-state index in [4.69, 9.17) is 22.1 Å². The minimum Gasteiger partial charge on any atom is -0.492 e. The average molecular weight is 202 g/mol. The molecule has 0 saturated carbocycles. The number of hydrogen-bond acceptors (Lipinski definition) is 2. The molecule has 1 aromatic rings. The summed E-state index contributed by atoms with van der Waals surface area (Å²) in [5, 5.41) is 0.296. The monoisotopic (exact) mass is 201 g/mol. The van der Waals surface area contributed by atoms with Gasteiger partial charge in [-0.2, -0.15) is 0 Å². The van der Waals surface area contributed by atoms with Gasteiger partial charge in [-0.05, 0) is 12.1 Å². The maximum atomic E-state index is 12.9. The van der Waals surface area contributed by atoms with Crippen LogP contribution in [0.4, 0.5) is 4.39 Å². The second kappa shape index (κ2) is 3.16. The fraction of sp³-hybridized carbons (Fsp3) is 0.333. The van der Waals surface area contributed by atoms with E-state index in [1.807, 2.05) is 0 Å². The van der Waals surface area contributed by atoms with E-state index < -0.39 is 0 Å². The van der Waals surface area contributed by atoms with Crippen molar-refractivity contribution in [1.29, 1.82) is 0 Å². The minimum atomic E-state index is -0.371. The third kappa shape index (κ3) is 1.49. The van der Waals surface area contributed by atoms with Gasteiger partial charge in [0.05, 0.1) is 11.6 Å². The van der Waals surface area contributed by atoms with Crippen LogP contribution in [-0.2, 0) is 0 Å². The Kier molecular flexibility index (Phi) is 2.14. The van der Waals surface area contributed by atoms with E-state index in [0.29, 0.717) is 29.4 Å². The molecule has 1 heterocycles. The molecule has 2 rings (SSSR count). The molecule has 13 heavy (non-hydrogen) atoms. The lowest BCUT2D eigenvalue weighted by molar-refractivity contribution is 0.268.